The lowest BCUT2D eigenvalue weighted by molar-refractivity contribution is -0.119. The van der Waals surface area contributed by atoms with Crippen molar-refractivity contribution in [3.05, 3.63) is 29.3 Å². The van der Waals surface area contributed by atoms with E-state index >= 15 is 0 Å². The lowest BCUT2D eigenvalue weighted by atomic mass is 9.82. The molecule has 20 heavy (non-hydrogen) atoms. The van der Waals surface area contributed by atoms with Crippen molar-refractivity contribution in [2.24, 2.45) is 11.7 Å². The smallest absolute Gasteiger partial charge is 0.234 e. The molecule has 2 aliphatic heterocycles. The summed E-state index contributed by atoms with van der Waals surface area (Å²) in [7, 11) is 0. The molecule has 4 nitrogen and oxygen atoms in total. The van der Waals surface area contributed by atoms with E-state index < -0.39 is 5.41 Å². The Morgan fingerprint density at radius 2 is 2.05 bits per heavy atom. The number of carbonyl (C=O) groups excluding carboxylic acids is 1. The van der Waals surface area contributed by atoms with Crippen molar-refractivity contribution in [1.82, 2.24) is 0 Å². The molecule has 1 saturated heterocycles. The van der Waals surface area contributed by atoms with Crippen molar-refractivity contribution in [2.45, 2.75) is 38.1 Å². The third kappa shape index (κ3) is 2.13. The number of benzene rings is 1. The van der Waals surface area contributed by atoms with Crippen molar-refractivity contribution >= 4 is 11.6 Å². The van der Waals surface area contributed by atoms with Gasteiger partial charge in [0.25, 0.3) is 0 Å². The minimum atomic E-state index is -0.471. The molecule has 1 aromatic carbocycles. The zero-order chi connectivity index (χ0) is 14.3. The van der Waals surface area contributed by atoms with E-state index in [0.29, 0.717) is 5.92 Å². The van der Waals surface area contributed by atoms with Crippen molar-refractivity contribution in [2.75, 3.05) is 18.5 Å². The molecule has 0 saturated carbocycles. The standard InChI is InChI=1S/C16H22N2O2/c1-16(2)12-9-11(3-4-13(12)18-15(16)19)14(17)10-5-7-20-8-6-10/h3-4,9-10,14H,5-8,17H2,1-2H3,(H,18,19). The highest BCUT2D eigenvalue weighted by molar-refractivity contribution is 6.05. The summed E-state index contributed by atoms with van der Waals surface area (Å²) in [6, 6.07) is 6.15. The van der Waals surface area contributed by atoms with Gasteiger partial charge < -0.3 is 15.8 Å². The predicted molar refractivity (Wildman–Crippen MR) is 78.6 cm³/mol. The Morgan fingerprint density at radius 3 is 2.75 bits per heavy atom. The summed E-state index contributed by atoms with van der Waals surface area (Å²) in [5.41, 5.74) is 9.06. The highest BCUT2D eigenvalue weighted by Gasteiger charge is 2.38. The number of carbonyl (C=O) groups is 1. The number of hydrogen-bond donors (Lipinski definition) is 2. The van der Waals surface area contributed by atoms with Crippen LogP contribution in [0.3, 0.4) is 0 Å². The number of nitrogens with two attached hydrogens (primary N) is 1. The van der Waals surface area contributed by atoms with Gasteiger partial charge in [0.2, 0.25) is 5.91 Å². The number of anilines is 1. The van der Waals surface area contributed by atoms with Crippen LogP contribution in [0, 0.1) is 5.92 Å². The van der Waals surface area contributed by atoms with Gasteiger partial charge in [-0.3, -0.25) is 4.79 Å². The fourth-order valence-electron chi connectivity index (χ4n) is 3.14. The summed E-state index contributed by atoms with van der Waals surface area (Å²) >= 11 is 0. The summed E-state index contributed by atoms with van der Waals surface area (Å²) < 4.78 is 5.40. The van der Waals surface area contributed by atoms with Crippen molar-refractivity contribution in [3.8, 4) is 0 Å². The SMILES string of the molecule is CC1(C)C(=O)Nc2ccc(C(N)C3CCOCC3)cc21. The topological polar surface area (TPSA) is 64.4 Å². The number of ether oxygens (including phenoxy) is 1. The second kappa shape index (κ2) is 4.86. The first-order valence-electron chi connectivity index (χ1n) is 7.29. The average Bonchev–Trinajstić information content (AvgIpc) is 2.69. The second-order valence-corrected chi connectivity index (χ2v) is 6.36. The molecule has 2 heterocycles. The summed E-state index contributed by atoms with van der Waals surface area (Å²) in [6.07, 6.45) is 2.03. The van der Waals surface area contributed by atoms with Crippen LogP contribution in [0.1, 0.15) is 43.9 Å². The molecule has 1 atom stereocenters. The Balaban J connectivity index is 1.89. The van der Waals surface area contributed by atoms with Gasteiger partial charge in [0.1, 0.15) is 0 Å². The minimum Gasteiger partial charge on any atom is -0.381 e. The molecule has 1 aromatic rings. The predicted octanol–water partition coefficient (Wildman–Crippen LogP) is 2.34. The first-order valence-corrected chi connectivity index (χ1v) is 7.29. The van der Waals surface area contributed by atoms with Gasteiger partial charge in [-0.05, 0) is 49.8 Å². The molecule has 1 fully saturated rings. The highest BCUT2D eigenvalue weighted by atomic mass is 16.5. The molecule has 3 N–H and O–H groups in total. The molecule has 0 spiro atoms. The van der Waals surface area contributed by atoms with E-state index in [0.717, 1.165) is 42.9 Å². The third-order valence-electron chi connectivity index (χ3n) is 4.69. The van der Waals surface area contributed by atoms with E-state index in [2.05, 4.69) is 11.4 Å². The van der Waals surface area contributed by atoms with Gasteiger partial charge in [-0.15, -0.1) is 0 Å². The number of fused-ring (bicyclic) bond motifs is 1. The third-order valence-corrected chi connectivity index (χ3v) is 4.69. The lowest BCUT2D eigenvalue weighted by Gasteiger charge is -2.28. The molecule has 0 bridgehead atoms. The van der Waals surface area contributed by atoms with E-state index in [-0.39, 0.29) is 11.9 Å². The van der Waals surface area contributed by atoms with Crippen LogP contribution < -0.4 is 11.1 Å². The maximum atomic E-state index is 12.0. The molecule has 4 heteroatoms. The summed E-state index contributed by atoms with van der Waals surface area (Å²) in [6.45, 7) is 5.51. The van der Waals surface area contributed by atoms with Gasteiger partial charge in [0.05, 0.1) is 5.41 Å². The molecule has 3 rings (SSSR count). The Kier molecular flexibility index (Phi) is 3.30. The van der Waals surface area contributed by atoms with E-state index in [4.69, 9.17) is 10.5 Å². The van der Waals surface area contributed by atoms with Gasteiger partial charge in [-0.2, -0.15) is 0 Å². The largest absolute Gasteiger partial charge is 0.381 e. The first-order chi connectivity index (χ1) is 9.50. The average molecular weight is 274 g/mol. The molecule has 1 unspecified atom stereocenters. The van der Waals surface area contributed by atoms with Crippen molar-refractivity contribution in [3.63, 3.8) is 0 Å². The van der Waals surface area contributed by atoms with Gasteiger partial charge >= 0.3 is 0 Å². The highest BCUT2D eigenvalue weighted by Crippen LogP contribution is 2.39. The number of nitrogens with one attached hydrogen (secondary N) is 1. The number of hydrogen-bond acceptors (Lipinski definition) is 3. The van der Waals surface area contributed by atoms with Crippen LogP contribution in [0.25, 0.3) is 0 Å². The van der Waals surface area contributed by atoms with Crippen LogP contribution in [-0.4, -0.2) is 19.1 Å². The Morgan fingerprint density at radius 1 is 1.35 bits per heavy atom. The quantitative estimate of drug-likeness (QED) is 0.870. The lowest BCUT2D eigenvalue weighted by Crippen LogP contribution is -2.28. The monoisotopic (exact) mass is 274 g/mol. The fourth-order valence-corrected chi connectivity index (χ4v) is 3.14. The van der Waals surface area contributed by atoms with Crippen molar-refractivity contribution < 1.29 is 9.53 Å². The van der Waals surface area contributed by atoms with Crippen molar-refractivity contribution in [1.29, 1.82) is 0 Å². The molecular formula is C16H22N2O2. The van der Waals surface area contributed by atoms with Crippen LogP contribution in [0.15, 0.2) is 18.2 Å². The minimum absolute atomic E-state index is 0.0238. The zero-order valence-corrected chi connectivity index (χ0v) is 12.1. The van der Waals surface area contributed by atoms with E-state index in [1.807, 2.05) is 26.0 Å². The van der Waals surface area contributed by atoms with Gasteiger partial charge in [-0.1, -0.05) is 12.1 Å². The molecule has 108 valence electrons. The maximum absolute atomic E-state index is 12.0. The Bertz CT molecular complexity index is 533. The second-order valence-electron chi connectivity index (χ2n) is 6.36. The molecule has 2 aliphatic rings. The van der Waals surface area contributed by atoms with Crippen LogP contribution in [0.4, 0.5) is 5.69 Å². The number of amides is 1. The Hall–Kier alpha value is -1.39. The van der Waals surface area contributed by atoms with Crippen LogP contribution in [0.5, 0.6) is 0 Å². The normalized spacial score (nSPS) is 23.2. The van der Waals surface area contributed by atoms with Gasteiger partial charge in [0.15, 0.2) is 0 Å². The van der Waals surface area contributed by atoms with E-state index in [1.54, 1.807) is 0 Å². The molecule has 0 radical (unpaired) electrons. The molecular weight excluding hydrogens is 252 g/mol. The molecule has 0 aromatic heterocycles. The maximum Gasteiger partial charge on any atom is 0.234 e. The Labute approximate surface area is 119 Å². The number of rotatable bonds is 2. The van der Waals surface area contributed by atoms with E-state index in [1.165, 1.54) is 0 Å². The zero-order valence-electron chi connectivity index (χ0n) is 12.1. The summed E-state index contributed by atoms with van der Waals surface area (Å²) in [5, 5.41) is 2.93. The fraction of sp³-hybridized carbons (Fsp3) is 0.562. The first kappa shape index (κ1) is 13.6. The van der Waals surface area contributed by atoms with Crippen LogP contribution in [0.2, 0.25) is 0 Å². The summed E-state index contributed by atoms with van der Waals surface area (Å²) in [5.74, 6) is 0.527. The molecule has 1 amide bonds. The van der Waals surface area contributed by atoms with Gasteiger partial charge in [0, 0.05) is 24.9 Å². The molecule has 0 aliphatic carbocycles. The van der Waals surface area contributed by atoms with Crippen LogP contribution in [-0.2, 0) is 14.9 Å². The van der Waals surface area contributed by atoms with Crippen LogP contribution >= 0.6 is 0 Å². The van der Waals surface area contributed by atoms with E-state index in [9.17, 15) is 4.79 Å². The summed E-state index contributed by atoms with van der Waals surface area (Å²) in [4.78, 5) is 12.0. The van der Waals surface area contributed by atoms with Gasteiger partial charge in [-0.25, -0.2) is 0 Å².